The topological polar surface area (TPSA) is 54.7 Å². The highest BCUT2D eigenvalue weighted by atomic mass is 16.3. The van der Waals surface area contributed by atoms with E-state index in [2.05, 4.69) is 15.4 Å². The Morgan fingerprint density at radius 1 is 1.21 bits per heavy atom. The average molecular weight is 185 g/mol. The lowest BCUT2D eigenvalue weighted by Crippen LogP contribution is -1.74. The summed E-state index contributed by atoms with van der Waals surface area (Å²) < 4.78 is 5.44. The van der Waals surface area contributed by atoms with E-state index in [1.54, 1.807) is 12.5 Å². The van der Waals surface area contributed by atoms with Crippen molar-refractivity contribution in [3.63, 3.8) is 0 Å². The Hall–Kier alpha value is -2.10. The molecule has 0 aliphatic heterocycles. The van der Waals surface area contributed by atoms with E-state index in [1.807, 2.05) is 24.3 Å². The molecular formula is C10H7N3O. The molecule has 1 N–H and O–H groups in total. The number of aromatic amines is 1. The molecule has 0 fully saturated rings. The fourth-order valence-corrected chi connectivity index (χ4v) is 1.50. The zero-order valence-electron chi connectivity index (χ0n) is 7.27. The van der Waals surface area contributed by atoms with Crippen molar-refractivity contribution in [3.8, 4) is 11.5 Å². The van der Waals surface area contributed by atoms with Gasteiger partial charge in [0.2, 0.25) is 0 Å². The van der Waals surface area contributed by atoms with Crippen LogP contribution in [0.5, 0.6) is 0 Å². The van der Waals surface area contributed by atoms with Crippen molar-refractivity contribution < 1.29 is 4.42 Å². The Morgan fingerprint density at radius 2 is 2.14 bits per heavy atom. The van der Waals surface area contributed by atoms with E-state index < -0.39 is 0 Å². The number of hydrogen-bond acceptors (Lipinski definition) is 3. The molecule has 1 aromatic carbocycles. The lowest BCUT2D eigenvalue weighted by Gasteiger charge is -1.89. The Balaban J connectivity index is 2.33. The molecular weight excluding hydrogens is 178 g/mol. The van der Waals surface area contributed by atoms with E-state index in [4.69, 9.17) is 4.42 Å². The number of fused-ring (bicyclic) bond motifs is 1. The highest BCUT2D eigenvalue weighted by Gasteiger charge is 2.09. The van der Waals surface area contributed by atoms with Crippen LogP contribution in [-0.2, 0) is 0 Å². The van der Waals surface area contributed by atoms with Gasteiger partial charge in [0.25, 0.3) is 0 Å². The standard InChI is InChI=1S/C10H7N3O/c1-2-4-8-7(3-1)6-14-10(8)9-5-11-13-12-9/h1-6H,(H,11,12,13). The van der Waals surface area contributed by atoms with Gasteiger partial charge in [-0.1, -0.05) is 24.3 Å². The summed E-state index contributed by atoms with van der Waals surface area (Å²) in [7, 11) is 0. The van der Waals surface area contributed by atoms with E-state index in [0.717, 1.165) is 22.2 Å². The lowest BCUT2D eigenvalue weighted by molar-refractivity contribution is 0.584. The maximum Gasteiger partial charge on any atom is 0.163 e. The molecule has 0 radical (unpaired) electrons. The molecule has 0 saturated carbocycles. The summed E-state index contributed by atoms with van der Waals surface area (Å²) in [5, 5.41) is 12.4. The molecule has 3 aromatic rings. The zero-order valence-corrected chi connectivity index (χ0v) is 7.27. The van der Waals surface area contributed by atoms with Crippen molar-refractivity contribution in [2.24, 2.45) is 0 Å². The van der Waals surface area contributed by atoms with Crippen LogP contribution in [0.15, 0.2) is 41.1 Å². The largest absolute Gasteiger partial charge is 0.461 e. The molecule has 0 amide bonds. The van der Waals surface area contributed by atoms with E-state index in [1.165, 1.54) is 0 Å². The second-order valence-electron chi connectivity index (χ2n) is 3.01. The minimum absolute atomic E-state index is 0.728. The van der Waals surface area contributed by atoms with Gasteiger partial charge in [0.15, 0.2) is 5.76 Å². The van der Waals surface area contributed by atoms with Gasteiger partial charge in [-0.3, -0.25) is 0 Å². The van der Waals surface area contributed by atoms with Crippen LogP contribution in [0, 0.1) is 0 Å². The van der Waals surface area contributed by atoms with Gasteiger partial charge >= 0.3 is 0 Å². The maximum absolute atomic E-state index is 5.44. The summed E-state index contributed by atoms with van der Waals surface area (Å²) in [6.07, 6.45) is 3.37. The molecule has 4 heteroatoms. The molecule has 14 heavy (non-hydrogen) atoms. The minimum Gasteiger partial charge on any atom is -0.461 e. The molecule has 0 atom stereocenters. The normalized spacial score (nSPS) is 10.9. The monoisotopic (exact) mass is 185 g/mol. The van der Waals surface area contributed by atoms with E-state index in [-0.39, 0.29) is 0 Å². The first-order chi connectivity index (χ1) is 6.95. The van der Waals surface area contributed by atoms with Gasteiger partial charge in [-0.25, -0.2) is 0 Å². The molecule has 2 aromatic heterocycles. The van der Waals surface area contributed by atoms with Gasteiger partial charge in [-0.05, 0) is 0 Å². The van der Waals surface area contributed by atoms with Crippen LogP contribution in [-0.4, -0.2) is 15.4 Å². The van der Waals surface area contributed by atoms with Gasteiger partial charge in [-0.2, -0.15) is 15.4 Å². The maximum atomic E-state index is 5.44. The fourth-order valence-electron chi connectivity index (χ4n) is 1.50. The van der Waals surface area contributed by atoms with Crippen LogP contribution in [0.25, 0.3) is 22.2 Å². The van der Waals surface area contributed by atoms with Crippen LogP contribution < -0.4 is 0 Å². The average Bonchev–Trinajstić information content (AvgIpc) is 2.85. The molecule has 0 bridgehead atoms. The second-order valence-corrected chi connectivity index (χ2v) is 3.01. The van der Waals surface area contributed by atoms with Crippen molar-refractivity contribution in [1.82, 2.24) is 15.4 Å². The second kappa shape index (κ2) is 2.70. The first-order valence-electron chi connectivity index (χ1n) is 4.27. The van der Waals surface area contributed by atoms with Crippen molar-refractivity contribution in [2.45, 2.75) is 0 Å². The zero-order chi connectivity index (χ0) is 9.38. The Labute approximate surface area is 79.5 Å². The number of H-pyrrole nitrogens is 1. The number of furan rings is 1. The predicted octanol–water partition coefficient (Wildman–Crippen LogP) is 2.22. The Bertz CT molecular complexity index is 554. The molecule has 0 spiro atoms. The summed E-state index contributed by atoms with van der Waals surface area (Å²) in [5.74, 6) is 0.759. The summed E-state index contributed by atoms with van der Waals surface area (Å²) in [6, 6.07) is 7.96. The molecule has 0 unspecified atom stereocenters. The number of aromatic nitrogens is 3. The minimum atomic E-state index is 0.728. The van der Waals surface area contributed by atoms with Gasteiger partial charge in [0, 0.05) is 10.8 Å². The third-order valence-electron chi connectivity index (χ3n) is 2.16. The quantitative estimate of drug-likeness (QED) is 0.632. The number of benzene rings is 1. The smallest absolute Gasteiger partial charge is 0.163 e. The van der Waals surface area contributed by atoms with Crippen molar-refractivity contribution >= 4 is 10.8 Å². The van der Waals surface area contributed by atoms with Crippen molar-refractivity contribution in [1.29, 1.82) is 0 Å². The van der Waals surface area contributed by atoms with Crippen LogP contribution in [0.1, 0.15) is 0 Å². The number of nitrogens with zero attached hydrogens (tertiary/aromatic N) is 2. The molecule has 0 aliphatic carbocycles. The van der Waals surface area contributed by atoms with Crippen LogP contribution in [0.4, 0.5) is 0 Å². The summed E-state index contributed by atoms with van der Waals surface area (Å²) >= 11 is 0. The Morgan fingerprint density at radius 3 is 3.00 bits per heavy atom. The van der Waals surface area contributed by atoms with Crippen LogP contribution in [0.3, 0.4) is 0 Å². The predicted molar refractivity (Wildman–Crippen MR) is 51.6 cm³/mol. The van der Waals surface area contributed by atoms with Crippen molar-refractivity contribution in [3.05, 3.63) is 36.7 Å². The van der Waals surface area contributed by atoms with Gasteiger partial charge in [0.05, 0.1) is 12.5 Å². The molecule has 68 valence electrons. The van der Waals surface area contributed by atoms with Crippen LogP contribution in [0.2, 0.25) is 0 Å². The van der Waals surface area contributed by atoms with E-state index in [0.29, 0.717) is 0 Å². The van der Waals surface area contributed by atoms with E-state index in [9.17, 15) is 0 Å². The van der Waals surface area contributed by atoms with Gasteiger partial charge in [-0.15, -0.1) is 0 Å². The highest BCUT2D eigenvalue weighted by molar-refractivity contribution is 5.92. The van der Waals surface area contributed by atoms with Gasteiger partial charge in [0.1, 0.15) is 5.69 Å². The van der Waals surface area contributed by atoms with Crippen molar-refractivity contribution in [2.75, 3.05) is 0 Å². The Kier molecular flexibility index (Phi) is 1.41. The summed E-state index contributed by atoms with van der Waals surface area (Å²) in [4.78, 5) is 0. The third-order valence-corrected chi connectivity index (χ3v) is 2.16. The molecule has 0 aliphatic rings. The highest BCUT2D eigenvalue weighted by Crippen LogP contribution is 2.28. The number of rotatable bonds is 1. The number of hydrogen-bond donors (Lipinski definition) is 1. The lowest BCUT2D eigenvalue weighted by atomic mass is 10.1. The molecule has 3 rings (SSSR count). The molecule has 4 nitrogen and oxygen atoms in total. The fraction of sp³-hybridized carbons (Fsp3) is 0. The first kappa shape index (κ1) is 7.32. The van der Waals surface area contributed by atoms with E-state index >= 15 is 0 Å². The third kappa shape index (κ3) is 0.939. The SMILES string of the molecule is c1ccc2c(-c3cn[nH]n3)occ2c1. The molecule has 2 heterocycles. The first-order valence-corrected chi connectivity index (χ1v) is 4.27. The molecule has 0 saturated heterocycles. The van der Waals surface area contributed by atoms with Crippen LogP contribution >= 0.6 is 0 Å². The summed E-state index contributed by atoms with van der Waals surface area (Å²) in [6.45, 7) is 0. The van der Waals surface area contributed by atoms with Gasteiger partial charge < -0.3 is 4.42 Å². The number of nitrogens with one attached hydrogen (secondary N) is 1. The summed E-state index contributed by atoms with van der Waals surface area (Å²) in [5.41, 5.74) is 0.728.